The molecule has 0 aliphatic carbocycles. The van der Waals surface area contributed by atoms with E-state index in [0.29, 0.717) is 0 Å². The maximum atomic E-state index is 10.7. The Morgan fingerprint density at radius 2 is 2.36 bits per heavy atom. The molecule has 60 valence electrons. The highest BCUT2D eigenvalue weighted by Crippen LogP contribution is 2.08. The molecule has 0 aromatic carbocycles. The minimum atomic E-state index is 0.0737. The molecule has 0 bridgehead atoms. The van der Waals surface area contributed by atoms with Crippen LogP contribution in [-0.2, 0) is 4.79 Å². The third-order valence-electron chi connectivity index (χ3n) is 1.51. The van der Waals surface area contributed by atoms with Crippen molar-refractivity contribution in [1.82, 2.24) is 5.01 Å². The number of nitrogens with zero attached hydrogens (tertiary/aromatic N) is 2. The van der Waals surface area contributed by atoms with Gasteiger partial charge >= 0.3 is 0 Å². The number of carbonyl (C=O) groups is 1. The van der Waals surface area contributed by atoms with E-state index >= 15 is 0 Å². The van der Waals surface area contributed by atoms with Gasteiger partial charge in [-0.15, -0.1) is 0 Å². The lowest BCUT2D eigenvalue weighted by atomic mass is 10.3. The van der Waals surface area contributed by atoms with Crippen LogP contribution < -0.4 is 0 Å². The smallest absolute Gasteiger partial charge is 0.154 e. The number of hydrogen-bond acceptors (Lipinski definition) is 3. The van der Waals surface area contributed by atoms with Crippen LogP contribution in [0.4, 0.5) is 0 Å². The highest BCUT2D eigenvalue weighted by atomic mass is 16.1. The molecule has 3 heteroatoms. The molecule has 1 rings (SSSR count). The van der Waals surface area contributed by atoms with Crippen molar-refractivity contribution >= 4 is 12.0 Å². The Bertz CT molecular complexity index is 218. The van der Waals surface area contributed by atoms with E-state index in [0.717, 1.165) is 18.7 Å². The Hall–Kier alpha value is -1.12. The number of rotatable bonds is 2. The predicted octanol–water partition coefficient (Wildman–Crippen LogP) is 1.17. The van der Waals surface area contributed by atoms with E-state index in [4.69, 9.17) is 0 Å². The Morgan fingerprint density at radius 3 is 2.82 bits per heavy atom. The fourth-order valence-corrected chi connectivity index (χ4v) is 1.03. The lowest BCUT2D eigenvalue weighted by molar-refractivity contribution is -0.112. The Kier molecular flexibility index (Phi) is 2.41. The van der Waals surface area contributed by atoms with Gasteiger partial charge in [-0.2, -0.15) is 5.10 Å². The van der Waals surface area contributed by atoms with Gasteiger partial charge in [0.05, 0.1) is 0 Å². The summed E-state index contributed by atoms with van der Waals surface area (Å²) in [5.74, 6) is 0.0737. The minimum absolute atomic E-state index is 0.0737. The fraction of sp³-hybridized carbons (Fsp3) is 0.500. The third-order valence-corrected chi connectivity index (χ3v) is 1.51. The molecule has 1 heterocycles. The summed E-state index contributed by atoms with van der Waals surface area (Å²) in [6, 6.07) is 0. The average Bonchev–Trinajstić information content (AvgIpc) is 2.35. The summed E-state index contributed by atoms with van der Waals surface area (Å²) in [6.07, 6.45) is 4.43. The van der Waals surface area contributed by atoms with Gasteiger partial charge in [-0.1, -0.05) is 0 Å². The van der Waals surface area contributed by atoms with Gasteiger partial charge < -0.3 is 0 Å². The van der Waals surface area contributed by atoms with Gasteiger partial charge in [0.25, 0.3) is 0 Å². The summed E-state index contributed by atoms with van der Waals surface area (Å²) < 4.78 is 0. The summed E-state index contributed by atoms with van der Waals surface area (Å²) in [4.78, 5) is 10.7. The second-order valence-electron chi connectivity index (χ2n) is 2.61. The van der Waals surface area contributed by atoms with Crippen molar-refractivity contribution in [3.63, 3.8) is 0 Å². The largest absolute Gasteiger partial charge is 0.295 e. The third kappa shape index (κ3) is 2.18. The van der Waals surface area contributed by atoms with E-state index in [2.05, 4.69) is 5.10 Å². The zero-order valence-electron chi connectivity index (χ0n) is 6.87. The van der Waals surface area contributed by atoms with E-state index in [9.17, 15) is 4.79 Å². The van der Waals surface area contributed by atoms with Gasteiger partial charge in [0.2, 0.25) is 0 Å². The zero-order valence-corrected chi connectivity index (χ0v) is 6.87. The average molecular weight is 152 g/mol. The molecule has 0 fully saturated rings. The van der Waals surface area contributed by atoms with E-state index in [1.54, 1.807) is 13.0 Å². The minimum Gasteiger partial charge on any atom is -0.295 e. The Labute approximate surface area is 66.4 Å². The fourth-order valence-electron chi connectivity index (χ4n) is 1.03. The van der Waals surface area contributed by atoms with E-state index in [-0.39, 0.29) is 5.78 Å². The first kappa shape index (κ1) is 7.98. The highest BCUT2D eigenvalue weighted by Gasteiger charge is 2.06. The molecule has 0 aromatic rings. The van der Waals surface area contributed by atoms with Gasteiger partial charge in [-0.05, 0) is 13.8 Å². The first-order chi connectivity index (χ1) is 5.20. The van der Waals surface area contributed by atoms with Crippen LogP contribution in [0.1, 0.15) is 20.3 Å². The molecule has 0 saturated heterocycles. The molecule has 0 atom stereocenters. The molecule has 1 aliphatic rings. The molecule has 0 amide bonds. The van der Waals surface area contributed by atoms with Gasteiger partial charge in [0.1, 0.15) is 0 Å². The molecule has 0 unspecified atom stereocenters. The Balaban J connectivity index is 2.59. The van der Waals surface area contributed by atoms with Crippen LogP contribution in [-0.4, -0.2) is 23.6 Å². The quantitative estimate of drug-likeness (QED) is 0.556. The number of carbonyl (C=O) groups excluding carboxylic acids is 1. The molecule has 1 aliphatic heterocycles. The maximum absolute atomic E-state index is 10.7. The maximum Gasteiger partial charge on any atom is 0.154 e. The number of hydrogen-bond donors (Lipinski definition) is 0. The highest BCUT2D eigenvalue weighted by molar-refractivity contribution is 5.87. The van der Waals surface area contributed by atoms with Crippen molar-refractivity contribution in [3.8, 4) is 0 Å². The Morgan fingerprint density at radius 1 is 1.64 bits per heavy atom. The van der Waals surface area contributed by atoms with Crippen LogP contribution in [0.15, 0.2) is 16.9 Å². The molecule has 0 spiro atoms. The normalized spacial score (nSPS) is 17.6. The van der Waals surface area contributed by atoms with Gasteiger partial charge in [-0.25, -0.2) is 0 Å². The SMILES string of the molecule is CC(=O)C=C(C)N1CCC=N1. The van der Waals surface area contributed by atoms with E-state index < -0.39 is 0 Å². The monoisotopic (exact) mass is 152 g/mol. The standard InChI is InChI=1S/C8H12N2O/c1-7(6-8(2)11)10-5-3-4-9-10/h4,6H,3,5H2,1-2H3. The van der Waals surface area contributed by atoms with Crippen LogP contribution in [0, 0.1) is 0 Å². The van der Waals surface area contributed by atoms with Crippen molar-refractivity contribution < 1.29 is 4.79 Å². The lowest BCUT2D eigenvalue weighted by Gasteiger charge is -2.12. The van der Waals surface area contributed by atoms with Gasteiger partial charge in [-0.3, -0.25) is 9.80 Å². The summed E-state index contributed by atoms with van der Waals surface area (Å²) in [5, 5.41) is 5.91. The molecule has 0 radical (unpaired) electrons. The van der Waals surface area contributed by atoms with Crippen LogP contribution in [0.2, 0.25) is 0 Å². The van der Waals surface area contributed by atoms with Crippen LogP contribution in [0.3, 0.4) is 0 Å². The first-order valence-electron chi connectivity index (χ1n) is 3.69. The topological polar surface area (TPSA) is 32.7 Å². The molecular weight excluding hydrogens is 140 g/mol. The van der Waals surface area contributed by atoms with Crippen molar-refractivity contribution in [2.24, 2.45) is 5.10 Å². The lowest BCUT2D eigenvalue weighted by Crippen LogP contribution is -2.11. The molecule has 0 saturated carbocycles. The first-order valence-corrected chi connectivity index (χ1v) is 3.69. The van der Waals surface area contributed by atoms with Crippen LogP contribution in [0.25, 0.3) is 0 Å². The molecule has 3 nitrogen and oxygen atoms in total. The number of ketones is 1. The van der Waals surface area contributed by atoms with Crippen molar-refractivity contribution in [1.29, 1.82) is 0 Å². The second kappa shape index (κ2) is 3.32. The van der Waals surface area contributed by atoms with Crippen LogP contribution >= 0.6 is 0 Å². The van der Waals surface area contributed by atoms with Crippen molar-refractivity contribution in [2.45, 2.75) is 20.3 Å². The van der Waals surface area contributed by atoms with Gasteiger partial charge in [0, 0.05) is 31.0 Å². The van der Waals surface area contributed by atoms with Crippen molar-refractivity contribution in [3.05, 3.63) is 11.8 Å². The van der Waals surface area contributed by atoms with E-state index in [1.807, 2.05) is 18.1 Å². The number of hydrazone groups is 1. The zero-order chi connectivity index (χ0) is 8.27. The van der Waals surface area contributed by atoms with Crippen molar-refractivity contribution in [2.75, 3.05) is 6.54 Å². The summed E-state index contributed by atoms with van der Waals surface area (Å²) >= 11 is 0. The molecular formula is C8H12N2O. The predicted molar refractivity (Wildman–Crippen MR) is 44.3 cm³/mol. The molecule has 0 aromatic heterocycles. The molecule has 11 heavy (non-hydrogen) atoms. The summed E-state index contributed by atoms with van der Waals surface area (Å²) in [5.41, 5.74) is 0.922. The van der Waals surface area contributed by atoms with E-state index in [1.165, 1.54) is 0 Å². The summed E-state index contributed by atoms with van der Waals surface area (Å²) in [6.45, 7) is 4.34. The summed E-state index contributed by atoms with van der Waals surface area (Å²) in [7, 11) is 0. The van der Waals surface area contributed by atoms with Crippen LogP contribution in [0.5, 0.6) is 0 Å². The number of allylic oxidation sites excluding steroid dienone is 2. The second-order valence-corrected chi connectivity index (χ2v) is 2.61. The van der Waals surface area contributed by atoms with Gasteiger partial charge in [0.15, 0.2) is 5.78 Å². The molecule has 0 N–H and O–H groups in total.